The van der Waals surface area contributed by atoms with E-state index in [0.29, 0.717) is 23.3 Å². The second-order valence-electron chi connectivity index (χ2n) is 3.49. The lowest BCUT2D eigenvalue weighted by Gasteiger charge is -2.10. The first-order valence-electron chi connectivity index (χ1n) is 5.11. The van der Waals surface area contributed by atoms with Crippen LogP contribution in [0.4, 0.5) is 4.79 Å². The molecule has 0 aliphatic rings. The van der Waals surface area contributed by atoms with Crippen LogP contribution in [0.5, 0.6) is 11.5 Å². The van der Waals surface area contributed by atoms with Crippen LogP contribution in [0.25, 0.3) is 0 Å². The molecule has 1 aromatic carbocycles. The molecule has 0 bridgehead atoms. The van der Waals surface area contributed by atoms with Crippen LogP contribution < -0.4 is 11.2 Å². The van der Waals surface area contributed by atoms with Gasteiger partial charge in [0.25, 0.3) is 0 Å². The van der Waals surface area contributed by atoms with E-state index in [9.17, 15) is 15.0 Å². The molecule has 0 saturated heterocycles. The number of nitrogens with zero attached hydrogens (tertiary/aromatic N) is 1. The number of nitrogens with one attached hydrogen (secondary N) is 1. The number of carbonyl (C=O) groups is 1. The molecule has 0 atom stereocenters. The summed E-state index contributed by atoms with van der Waals surface area (Å²) in [6.45, 7) is 3.41. The van der Waals surface area contributed by atoms with Crippen molar-refractivity contribution < 1.29 is 15.0 Å². The topological polar surface area (TPSA) is 108 Å². The molecule has 0 aromatic heterocycles. The van der Waals surface area contributed by atoms with Crippen molar-refractivity contribution in [3.63, 3.8) is 0 Å². The summed E-state index contributed by atoms with van der Waals surface area (Å²) in [4.78, 5) is 10.6. The predicted molar refractivity (Wildman–Crippen MR) is 64.1 cm³/mol. The third-order valence-corrected chi connectivity index (χ3v) is 2.35. The zero-order valence-electron chi connectivity index (χ0n) is 9.69. The fourth-order valence-corrected chi connectivity index (χ4v) is 1.37. The first-order chi connectivity index (χ1) is 7.97. The molecule has 5 N–H and O–H groups in total. The van der Waals surface area contributed by atoms with E-state index < -0.39 is 6.03 Å². The van der Waals surface area contributed by atoms with Gasteiger partial charge in [-0.15, -0.1) is 0 Å². The van der Waals surface area contributed by atoms with Crippen molar-refractivity contribution in [2.75, 3.05) is 0 Å². The zero-order valence-corrected chi connectivity index (χ0v) is 9.69. The van der Waals surface area contributed by atoms with Crippen molar-refractivity contribution in [3.05, 3.63) is 23.3 Å². The van der Waals surface area contributed by atoms with Gasteiger partial charge in [0.2, 0.25) is 0 Å². The largest absolute Gasteiger partial charge is 0.508 e. The van der Waals surface area contributed by atoms with Crippen LogP contribution in [-0.4, -0.2) is 22.0 Å². The van der Waals surface area contributed by atoms with Crippen molar-refractivity contribution >= 4 is 11.7 Å². The Morgan fingerprint density at radius 1 is 1.47 bits per heavy atom. The number of hydrazone groups is 1. The summed E-state index contributed by atoms with van der Waals surface area (Å²) in [6, 6.07) is 2.22. The maximum Gasteiger partial charge on any atom is 0.332 e. The molecule has 17 heavy (non-hydrogen) atoms. The van der Waals surface area contributed by atoms with Gasteiger partial charge in [0.15, 0.2) is 0 Å². The summed E-state index contributed by atoms with van der Waals surface area (Å²) < 4.78 is 0. The summed E-state index contributed by atoms with van der Waals surface area (Å²) in [5.41, 5.74) is 8.31. The Balaban J connectivity index is 3.17. The van der Waals surface area contributed by atoms with Crippen molar-refractivity contribution in [2.24, 2.45) is 10.8 Å². The van der Waals surface area contributed by atoms with Gasteiger partial charge in [-0.05, 0) is 25.5 Å². The third-order valence-electron chi connectivity index (χ3n) is 2.35. The number of urea groups is 1. The summed E-state index contributed by atoms with van der Waals surface area (Å²) in [5, 5.41) is 23.1. The number of aromatic hydroxyl groups is 2. The number of nitrogens with two attached hydrogens (primary N) is 1. The van der Waals surface area contributed by atoms with Crippen LogP contribution in [0.1, 0.15) is 24.5 Å². The van der Waals surface area contributed by atoms with Crippen LogP contribution >= 0.6 is 0 Å². The number of phenolic OH excluding ortho intramolecular Hbond substituents is 2. The number of rotatable bonds is 3. The number of amides is 2. The van der Waals surface area contributed by atoms with Gasteiger partial charge in [0, 0.05) is 11.1 Å². The van der Waals surface area contributed by atoms with Crippen molar-refractivity contribution in [1.29, 1.82) is 0 Å². The number of primary amides is 1. The molecule has 0 saturated carbocycles. The normalized spacial score (nSPS) is 11.3. The minimum Gasteiger partial charge on any atom is -0.508 e. The minimum atomic E-state index is -0.772. The lowest BCUT2D eigenvalue weighted by molar-refractivity contribution is 0.249. The predicted octanol–water partition coefficient (Wildman–Crippen LogP) is 1.19. The van der Waals surface area contributed by atoms with Gasteiger partial charge in [-0.2, -0.15) is 5.10 Å². The van der Waals surface area contributed by atoms with Crippen LogP contribution in [0.3, 0.4) is 0 Å². The molecule has 0 heterocycles. The Labute approximate surface area is 98.8 Å². The Morgan fingerprint density at radius 2 is 2.12 bits per heavy atom. The number of hydrogen-bond donors (Lipinski definition) is 4. The molecule has 0 aliphatic heterocycles. The van der Waals surface area contributed by atoms with Crippen LogP contribution in [0.15, 0.2) is 17.2 Å². The average Bonchev–Trinajstić information content (AvgIpc) is 2.29. The first kappa shape index (κ1) is 12.8. The maximum atomic E-state index is 10.6. The Hall–Kier alpha value is -2.24. The molecule has 92 valence electrons. The van der Waals surface area contributed by atoms with Gasteiger partial charge in [-0.1, -0.05) is 6.92 Å². The number of carbonyl (C=O) groups excluding carboxylic acids is 1. The van der Waals surface area contributed by atoms with Gasteiger partial charge >= 0.3 is 6.03 Å². The fourth-order valence-electron chi connectivity index (χ4n) is 1.37. The highest BCUT2D eigenvalue weighted by molar-refractivity contribution is 6.03. The lowest BCUT2D eigenvalue weighted by Crippen LogP contribution is -2.26. The van der Waals surface area contributed by atoms with Crippen LogP contribution in [0.2, 0.25) is 0 Å². The molecule has 0 radical (unpaired) electrons. The molecule has 6 nitrogen and oxygen atoms in total. The fraction of sp³-hybridized carbons (Fsp3) is 0.273. The molecule has 0 unspecified atom stereocenters. The minimum absolute atomic E-state index is 0.00423. The van der Waals surface area contributed by atoms with E-state index in [2.05, 4.69) is 10.5 Å². The lowest BCUT2D eigenvalue weighted by atomic mass is 10.0. The van der Waals surface area contributed by atoms with E-state index >= 15 is 0 Å². The third kappa shape index (κ3) is 2.87. The molecule has 1 aromatic rings. The summed E-state index contributed by atoms with van der Waals surface area (Å²) in [5.74, 6) is -0.0542. The highest BCUT2D eigenvalue weighted by Gasteiger charge is 2.12. The molecule has 2 amide bonds. The smallest absolute Gasteiger partial charge is 0.332 e. The highest BCUT2D eigenvalue weighted by atomic mass is 16.3. The van der Waals surface area contributed by atoms with E-state index in [4.69, 9.17) is 5.73 Å². The number of benzene rings is 1. The van der Waals surface area contributed by atoms with Crippen molar-refractivity contribution in [3.8, 4) is 11.5 Å². The molecule has 0 fully saturated rings. The van der Waals surface area contributed by atoms with E-state index in [1.807, 2.05) is 6.92 Å². The van der Waals surface area contributed by atoms with E-state index in [-0.39, 0.29) is 11.5 Å². The number of hydrogen-bond acceptors (Lipinski definition) is 4. The van der Waals surface area contributed by atoms with E-state index in [1.165, 1.54) is 12.1 Å². The summed E-state index contributed by atoms with van der Waals surface area (Å²) >= 11 is 0. The van der Waals surface area contributed by atoms with Crippen molar-refractivity contribution in [1.82, 2.24) is 5.43 Å². The molecule has 0 spiro atoms. The second kappa shape index (κ2) is 5.20. The average molecular weight is 237 g/mol. The second-order valence-corrected chi connectivity index (χ2v) is 3.49. The monoisotopic (exact) mass is 237 g/mol. The van der Waals surface area contributed by atoms with Crippen LogP contribution in [0, 0.1) is 6.92 Å². The molecule has 6 heteroatoms. The SMILES string of the molecule is CC/C(=N\NC(N)=O)c1ccc(O)c(C)c1O. The molecular weight excluding hydrogens is 222 g/mol. The molecule has 1 rings (SSSR count). The number of phenols is 2. The molecule has 0 aliphatic carbocycles. The Bertz CT molecular complexity index is 469. The summed E-state index contributed by atoms with van der Waals surface area (Å²) in [6.07, 6.45) is 0.498. The van der Waals surface area contributed by atoms with Gasteiger partial charge in [-0.25, -0.2) is 10.2 Å². The van der Waals surface area contributed by atoms with Gasteiger partial charge in [0.1, 0.15) is 11.5 Å². The Kier molecular flexibility index (Phi) is 3.92. The van der Waals surface area contributed by atoms with Gasteiger partial charge in [-0.3, -0.25) is 0 Å². The Morgan fingerprint density at radius 3 is 2.65 bits per heavy atom. The van der Waals surface area contributed by atoms with Gasteiger partial charge in [0.05, 0.1) is 5.71 Å². The van der Waals surface area contributed by atoms with E-state index in [0.717, 1.165) is 0 Å². The molecular formula is C11H15N3O3. The zero-order chi connectivity index (χ0) is 13.0. The van der Waals surface area contributed by atoms with E-state index in [1.54, 1.807) is 6.92 Å². The van der Waals surface area contributed by atoms with Crippen molar-refractivity contribution in [2.45, 2.75) is 20.3 Å². The van der Waals surface area contributed by atoms with Crippen LogP contribution in [-0.2, 0) is 0 Å². The first-order valence-corrected chi connectivity index (χ1v) is 5.11. The van der Waals surface area contributed by atoms with Gasteiger partial charge < -0.3 is 15.9 Å². The standard InChI is InChI=1S/C11H15N3O3/c1-3-8(13-14-11(12)17)7-4-5-9(15)6(2)10(7)16/h4-5,15-16H,3H2,1-2H3,(H3,12,14,17)/b13-8+. The maximum absolute atomic E-state index is 10.6. The highest BCUT2D eigenvalue weighted by Crippen LogP contribution is 2.30. The summed E-state index contributed by atoms with van der Waals surface area (Å²) in [7, 11) is 0. The quantitative estimate of drug-likeness (QED) is 0.468.